The van der Waals surface area contributed by atoms with Crippen LogP contribution >= 0.6 is 0 Å². The quantitative estimate of drug-likeness (QED) is 0.815. The maximum Gasteiger partial charge on any atom is 0.406 e. The van der Waals surface area contributed by atoms with E-state index in [2.05, 4.69) is 0 Å². The van der Waals surface area contributed by atoms with Gasteiger partial charge in [0.2, 0.25) is 0 Å². The van der Waals surface area contributed by atoms with Crippen LogP contribution in [-0.4, -0.2) is 37.2 Å². The van der Waals surface area contributed by atoms with E-state index in [1.807, 2.05) is 0 Å². The fourth-order valence-corrected chi connectivity index (χ4v) is 2.08. The lowest BCUT2D eigenvalue weighted by Crippen LogP contribution is -2.43. The van der Waals surface area contributed by atoms with Crippen LogP contribution in [-0.2, 0) is 6.42 Å². The summed E-state index contributed by atoms with van der Waals surface area (Å²) < 4.78 is 42.1. The molecule has 1 aliphatic heterocycles. The Kier molecular flexibility index (Phi) is 3.19. The fraction of sp³-hybridized carbons (Fsp3) is 0.417. The molecular weight excluding hydrogens is 247 g/mol. The SMILES string of the molecule is COc1cccc2c1C(=O)N(CC(F)(F)F)CC2. The standard InChI is InChI=1S/C12H12F3NO2/c1-18-9-4-2-3-8-5-6-16(7-12(13,14)15)11(17)10(8)9/h2-4H,5-7H2,1H3. The molecule has 0 N–H and O–H groups in total. The molecule has 0 unspecified atom stereocenters. The number of benzene rings is 1. The van der Waals surface area contributed by atoms with Crippen molar-refractivity contribution in [3.63, 3.8) is 0 Å². The number of hydrogen-bond acceptors (Lipinski definition) is 2. The molecule has 3 nitrogen and oxygen atoms in total. The average molecular weight is 259 g/mol. The molecule has 1 aromatic carbocycles. The van der Waals surface area contributed by atoms with Crippen LogP contribution in [0.4, 0.5) is 13.2 Å². The number of fused-ring (bicyclic) bond motifs is 1. The predicted molar refractivity (Wildman–Crippen MR) is 58.7 cm³/mol. The lowest BCUT2D eigenvalue weighted by molar-refractivity contribution is -0.141. The summed E-state index contributed by atoms with van der Waals surface area (Å²) in [5.41, 5.74) is 0.980. The minimum atomic E-state index is -4.38. The van der Waals surface area contributed by atoms with Crippen molar-refractivity contribution in [3.8, 4) is 5.75 Å². The van der Waals surface area contributed by atoms with Crippen LogP contribution in [0.15, 0.2) is 18.2 Å². The number of alkyl halides is 3. The van der Waals surface area contributed by atoms with E-state index in [0.29, 0.717) is 12.2 Å². The van der Waals surface area contributed by atoms with E-state index >= 15 is 0 Å². The van der Waals surface area contributed by atoms with Gasteiger partial charge < -0.3 is 9.64 Å². The molecule has 2 rings (SSSR count). The van der Waals surface area contributed by atoms with Crippen molar-refractivity contribution in [1.82, 2.24) is 4.90 Å². The first-order valence-corrected chi connectivity index (χ1v) is 5.44. The van der Waals surface area contributed by atoms with E-state index in [4.69, 9.17) is 4.74 Å². The smallest absolute Gasteiger partial charge is 0.406 e. The summed E-state index contributed by atoms with van der Waals surface area (Å²) in [6.45, 7) is -1.14. The highest BCUT2D eigenvalue weighted by Gasteiger charge is 2.36. The summed E-state index contributed by atoms with van der Waals surface area (Å²) in [6.07, 6.45) is -3.97. The molecule has 0 bridgehead atoms. The Morgan fingerprint density at radius 1 is 1.39 bits per heavy atom. The Labute approximate surface area is 102 Å². The molecule has 1 aliphatic rings. The summed E-state index contributed by atoms with van der Waals surface area (Å²) >= 11 is 0. The second kappa shape index (κ2) is 4.51. The molecular formula is C12H12F3NO2. The molecule has 0 atom stereocenters. The zero-order valence-electron chi connectivity index (χ0n) is 9.75. The first-order valence-electron chi connectivity index (χ1n) is 5.44. The predicted octanol–water partition coefficient (Wildman–Crippen LogP) is 2.26. The summed E-state index contributed by atoms with van der Waals surface area (Å²) in [5.74, 6) is -0.296. The minimum absolute atomic E-state index is 0.0819. The molecule has 0 aliphatic carbocycles. The fourth-order valence-electron chi connectivity index (χ4n) is 2.08. The van der Waals surface area contributed by atoms with Gasteiger partial charge in [-0.15, -0.1) is 0 Å². The van der Waals surface area contributed by atoms with Crippen molar-refractivity contribution in [3.05, 3.63) is 29.3 Å². The van der Waals surface area contributed by atoms with Crippen LogP contribution in [0.3, 0.4) is 0 Å². The van der Waals surface area contributed by atoms with Crippen molar-refractivity contribution in [2.24, 2.45) is 0 Å². The molecule has 0 spiro atoms. The molecule has 18 heavy (non-hydrogen) atoms. The van der Waals surface area contributed by atoms with Crippen LogP contribution < -0.4 is 4.74 Å². The van der Waals surface area contributed by atoms with Crippen molar-refractivity contribution in [1.29, 1.82) is 0 Å². The number of carbonyl (C=O) groups is 1. The molecule has 0 saturated heterocycles. The van der Waals surface area contributed by atoms with Gasteiger partial charge in [-0.2, -0.15) is 13.2 Å². The number of methoxy groups -OCH3 is 1. The Morgan fingerprint density at radius 2 is 2.11 bits per heavy atom. The molecule has 98 valence electrons. The first kappa shape index (κ1) is 12.7. The molecule has 0 aromatic heterocycles. The minimum Gasteiger partial charge on any atom is -0.496 e. The highest BCUT2D eigenvalue weighted by molar-refractivity contribution is 5.99. The van der Waals surface area contributed by atoms with Crippen LogP contribution in [0.25, 0.3) is 0 Å². The Bertz CT molecular complexity index is 457. The maximum atomic E-state index is 12.3. The Morgan fingerprint density at radius 3 is 2.72 bits per heavy atom. The van der Waals surface area contributed by atoms with Gasteiger partial charge in [0, 0.05) is 6.54 Å². The van der Waals surface area contributed by atoms with Crippen molar-refractivity contribution in [2.75, 3.05) is 20.2 Å². The van der Waals surface area contributed by atoms with Gasteiger partial charge in [-0.1, -0.05) is 12.1 Å². The van der Waals surface area contributed by atoms with Gasteiger partial charge >= 0.3 is 6.18 Å². The molecule has 0 fully saturated rings. The van der Waals surface area contributed by atoms with Crippen LogP contribution in [0.1, 0.15) is 15.9 Å². The zero-order valence-corrected chi connectivity index (χ0v) is 9.75. The van der Waals surface area contributed by atoms with Gasteiger partial charge in [0.15, 0.2) is 0 Å². The summed E-state index contributed by atoms with van der Waals surface area (Å²) in [6, 6.07) is 5.04. The van der Waals surface area contributed by atoms with Gasteiger partial charge in [0.25, 0.3) is 5.91 Å². The number of halogens is 3. The van der Waals surface area contributed by atoms with E-state index in [1.165, 1.54) is 7.11 Å². The second-order valence-electron chi connectivity index (χ2n) is 4.09. The summed E-state index contributed by atoms with van der Waals surface area (Å²) in [4.78, 5) is 12.8. The van der Waals surface area contributed by atoms with Crippen LogP contribution in [0.2, 0.25) is 0 Å². The van der Waals surface area contributed by atoms with Crippen molar-refractivity contribution >= 4 is 5.91 Å². The van der Waals surface area contributed by atoms with Gasteiger partial charge in [-0.3, -0.25) is 4.79 Å². The van der Waals surface area contributed by atoms with Gasteiger partial charge in [-0.25, -0.2) is 0 Å². The number of carbonyl (C=O) groups excluding carboxylic acids is 1. The zero-order chi connectivity index (χ0) is 13.3. The summed E-state index contributed by atoms with van der Waals surface area (Å²) in [5, 5.41) is 0. The largest absolute Gasteiger partial charge is 0.496 e. The number of rotatable bonds is 2. The first-order chi connectivity index (χ1) is 8.42. The monoisotopic (exact) mass is 259 g/mol. The highest BCUT2D eigenvalue weighted by Crippen LogP contribution is 2.29. The molecule has 0 radical (unpaired) electrons. The lowest BCUT2D eigenvalue weighted by atomic mass is 9.98. The van der Waals surface area contributed by atoms with Crippen molar-refractivity contribution < 1.29 is 22.7 Å². The van der Waals surface area contributed by atoms with E-state index in [-0.39, 0.29) is 12.1 Å². The molecule has 1 amide bonds. The molecule has 0 saturated carbocycles. The Balaban J connectivity index is 2.32. The van der Waals surface area contributed by atoms with Gasteiger partial charge in [-0.05, 0) is 18.1 Å². The average Bonchev–Trinajstić information content (AvgIpc) is 2.30. The second-order valence-corrected chi connectivity index (χ2v) is 4.09. The normalized spacial score (nSPS) is 15.6. The Hall–Kier alpha value is -1.72. The summed E-state index contributed by atoms with van der Waals surface area (Å²) in [7, 11) is 1.39. The van der Waals surface area contributed by atoms with E-state index in [0.717, 1.165) is 10.5 Å². The molecule has 6 heteroatoms. The van der Waals surface area contributed by atoms with Crippen molar-refractivity contribution in [2.45, 2.75) is 12.6 Å². The third-order valence-corrected chi connectivity index (χ3v) is 2.85. The van der Waals surface area contributed by atoms with Crippen LogP contribution in [0.5, 0.6) is 5.75 Å². The topological polar surface area (TPSA) is 29.5 Å². The number of hydrogen-bond donors (Lipinski definition) is 0. The maximum absolute atomic E-state index is 12.3. The number of ether oxygens (including phenoxy) is 1. The van der Waals surface area contributed by atoms with E-state index in [1.54, 1.807) is 18.2 Å². The highest BCUT2D eigenvalue weighted by atomic mass is 19.4. The third kappa shape index (κ3) is 2.42. The molecule has 1 aromatic rings. The molecule has 1 heterocycles. The number of nitrogens with zero attached hydrogens (tertiary/aromatic N) is 1. The van der Waals surface area contributed by atoms with Gasteiger partial charge in [0.1, 0.15) is 12.3 Å². The van der Waals surface area contributed by atoms with Gasteiger partial charge in [0.05, 0.1) is 12.7 Å². The van der Waals surface area contributed by atoms with E-state index < -0.39 is 18.6 Å². The van der Waals surface area contributed by atoms with Crippen LogP contribution in [0, 0.1) is 0 Å². The lowest BCUT2D eigenvalue weighted by Gasteiger charge is -2.30. The third-order valence-electron chi connectivity index (χ3n) is 2.85. The number of amides is 1. The van der Waals surface area contributed by atoms with E-state index in [9.17, 15) is 18.0 Å².